The second-order valence-electron chi connectivity index (χ2n) is 14.6. The van der Waals surface area contributed by atoms with Crippen LogP contribution in [0, 0.1) is 0 Å². The Morgan fingerprint density at radius 3 is 1.19 bits per heavy atom. The van der Waals surface area contributed by atoms with Crippen LogP contribution in [0.1, 0.15) is 207 Å². The molecule has 0 spiro atoms. The zero-order valence-electron chi connectivity index (χ0n) is 35.2. The molecule has 0 aromatic heterocycles. The van der Waals surface area contributed by atoms with Crippen molar-refractivity contribution < 1.29 is 28.6 Å². The quantitative estimate of drug-likeness (QED) is 0.0269. The Morgan fingerprint density at radius 1 is 0.389 bits per heavy atom. The zero-order valence-corrected chi connectivity index (χ0v) is 35.2. The van der Waals surface area contributed by atoms with Gasteiger partial charge in [0.05, 0.1) is 0 Å². The number of hydrogen-bond donors (Lipinski definition) is 0. The number of esters is 3. The van der Waals surface area contributed by atoms with Gasteiger partial charge in [0.2, 0.25) is 0 Å². The Kier molecular flexibility index (Phi) is 40.6. The lowest BCUT2D eigenvalue weighted by atomic mass is 10.1. The molecule has 0 aliphatic rings. The molecule has 6 heteroatoms. The SMILES string of the molecule is CC/C=C\C/C=C\C/C=C\C/C=C\CCCCCCCCC(=O)OCC(COC(=O)CCCCCCC)OC(=O)CCCCCCC/C=C\CCCCC. The normalized spacial score (nSPS) is 12.6. The van der Waals surface area contributed by atoms with Gasteiger partial charge in [0, 0.05) is 19.3 Å². The van der Waals surface area contributed by atoms with Gasteiger partial charge in [-0.2, -0.15) is 0 Å². The minimum absolute atomic E-state index is 0.0836. The topological polar surface area (TPSA) is 78.9 Å². The van der Waals surface area contributed by atoms with Crippen molar-refractivity contribution in [1.82, 2.24) is 0 Å². The minimum Gasteiger partial charge on any atom is -0.462 e. The number of unbranched alkanes of at least 4 members (excludes halogenated alkanes) is 18. The zero-order chi connectivity index (χ0) is 39.4. The van der Waals surface area contributed by atoms with Crippen LogP contribution in [-0.4, -0.2) is 37.2 Å². The molecule has 0 aromatic carbocycles. The molecule has 0 fully saturated rings. The summed E-state index contributed by atoms with van der Waals surface area (Å²) in [6.07, 6.45) is 50.9. The van der Waals surface area contributed by atoms with Gasteiger partial charge in [-0.3, -0.25) is 14.4 Å². The van der Waals surface area contributed by atoms with E-state index in [2.05, 4.69) is 81.5 Å². The summed E-state index contributed by atoms with van der Waals surface area (Å²) in [5.74, 6) is -0.926. The van der Waals surface area contributed by atoms with Crippen LogP contribution in [0.25, 0.3) is 0 Å². The molecule has 0 heterocycles. The van der Waals surface area contributed by atoms with Gasteiger partial charge in [0.25, 0.3) is 0 Å². The first-order chi connectivity index (χ1) is 26.5. The molecular formula is C48H82O6. The Morgan fingerprint density at radius 2 is 0.722 bits per heavy atom. The number of carbonyl (C=O) groups is 3. The van der Waals surface area contributed by atoms with Crippen LogP contribution in [0.15, 0.2) is 60.8 Å². The highest BCUT2D eigenvalue weighted by molar-refractivity contribution is 5.71. The third kappa shape index (κ3) is 40.3. The van der Waals surface area contributed by atoms with Crippen LogP contribution < -0.4 is 0 Å². The fraction of sp³-hybridized carbons (Fsp3) is 0.729. The summed E-state index contributed by atoms with van der Waals surface area (Å²) in [6, 6.07) is 0. The molecule has 0 radical (unpaired) electrons. The van der Waals surface area contributed by atoms with Crippen molar-refractivity contribution in [3.63, 3.8) is 0 Å². The lowest BCUT2D eigenvalue weighted by Crippen LogP contribution is -2.30. The summed E-state index contributed by atoms with van der Waals surface area (Å²) in [5.41, 5.74) is 0. The predicted molar refractivity (Wildman–Crippen MR) is 228 cm³/mol. The van der Waals surface area contributed by atoms with Crippen molar-refractivity contribution >= 4 is 17.9 Å². The monoisotopic (exact) mass is 755 g/mol. The van der Waals surface area contributed by atoms with Crippen molar-refractivity contribution in [2.24, 2.45) is 0 Å². The maximum absolute atomic E-state index is 12.6. The molecule has 0 aliphatic heterocycles. The van der Waals surface area contributed by atoms with Crippen LogP contribution in [-0.2, 0) is 28.6 Å². The molecule has 1 atom stereocenters. The average molecular weight is 755 g/mol. The average Bonchev–Trinajstić information content (AvgIpc) is 3.17. The molecule has 0 amide bonds. The first-order valence-corrected chi connectivity index (χ1v) is 22.3. The maximum atomic E-state index is 12.6. The van der Waals surface area contributed by atoms with E-state index in [0.717, 1.165) is 109 Å². The van der Waals surface area contributed by atoms with Crippen LogP contribution in [0.5, 0.6) is 0 Å². The third-order valence-corrected chi connectivity index (χ3v) is 9.26. The highest BCUT2D eigenvalue weighted by atomic mass is 16.6. The summed E-state index contributed by atoms with van der Waals surface area (Å²) in [7, 11) is 0. The van der Waals surface area contributed by atoms with E-state index in [1.807, 2.05) is 0 Å². The standard InChI is InChI=1S/C48H82O6/c1-4-7-10-13-15-17-19-21-22-23-24-25-26-27-29-30-32-35-38-41-47(50)53-44-45(43-52-46(49)40-37-34-12-9-6-3)54-48(51)42-39-36-33-31-28-20-18-16-14-11-8-5-2/h7,10,15-18,21-22,24-25,45H,4-6,8-9,11-14,19-20,23,26-44H2,1-3H3/b10-7-,17-15-,18-16-,22-21-,25-24-. The van der Waals surface area contributed by atoms with Gasteiger partial charge in [0.1, 0.15) is 13.2 Å². The summed E-state index contributed by atoms with van der Waals surface area (Å²) in [5, 5.41) is 0. The molecule has 0 N–H and O–H groups in total. The van der Waals surface area contributed by atoms with E-state index >= 15 is 0 Å². The molecule has 0 saturated carbocycles. The summed E-state index contributed by atoms with van der Waals surface area (Å²) in [6.45, 7) is 6.38. The van der Waals surface area contributed by atoms with E-state index in [1.54, 1.807) is 0 Å². The van der Waals surface area contributed by atoms with Gasteiger partial charge >= 0.3 is 17.9 Å². The predicted octanol–water partition coefficient (Wildman–Crippen LogP) is 14.1. The van der Waals surface area contributed by atoms with E-state index in [0.29, 0.717) is 19.3 Å². The molecule has 0 bridgehead atoms. The highest BCUT2D eigenvalue weighted by Gasteiger charge is 2.19. The fourth-order valence-electron chi connectivity index (χ4n) is 5.90. The van der Waals surface area contributed by atoms with Crippen molar-refractivity contribution in [1.29, 1.82) is 0 Å². The number of carbonyl (C=O) groups excluding carboxylic acids is 3. The molecule has 0 aromatic rings. The number of rotatable bonds is 39. The largest absolute Gasteiger partial charge is 0.462 e. The van der Waals surface area contributed by atoms with E-state index in [-0.39, 0.29) is 31.1 Å². The van der Waals surface area contributed by atoms with Gasteiger partial charge in [-0.1, -0.05) is 165 Å². The van der Waals surface area contributed by atoms with Crippen LogP contribution >= 0.6 is 0 Å². The summed E-state index contributed by atoms with van der Waals surface area (Å²) < 4.78 is 16.6. The molecule has 0 aliphatic carbocycles. The van der Waals surface area contributed by atoms with E-state index < -0.39 is 6.10 Å². The van der Waals surface area contributed by atoms with Gasteiger partial charge in [-0.15, -0.1) is 0 Å². The number of ether oxygens (including phenoxy) is 3. The lowest BCUT2D eigenvalue weighted by molar-refractivity contribution is -0.167. The molecule has 0 rings (SSSR count). The van der Waals surface area contributed by atoms with Crippen LogP contribution in [0.3, 0.4) is 0 Å². The van der Waals surface area contributed by atoms with Crippen molar-refractivity contribution in [2.75, 3.05) is 13.2 Å². The smallest absolute Gasteiger partial charge is 0.306 e. The second-order valence-corrected chi connectivity index (χ2v) is 14.6. The first-order valence-electron chi connectivity index (χ1n) is 22.3. The van der Waals surface area contributed by atoms with Crippen molar-refractivity contribution in [2.45, 2.75) is 213 Å². The second kappa shape index (κ2) is 42.8. The third-order valence-electron chi connectivity index (χ3n) is 9.26. The Balaban J connectivity index is 4.24. The summed E-state index contributed by atoms with van der Waals surface area (Å²) in [4.78, 5) is 37.4. The first kappa shape index (κ1) is 51.1. The summed E-state index contributed by atoms with van der Waals surface area (Å²) >= 11 is 0. The molecule has 310 valence electrons. The molecule has 0 saturated heterocycles. The Bertz CT molecular complexity index is 1010. The van der Waals surface area contributed by atoms with Gasteiger partial charge in [-0.05, 0) is 83.5 Å². The number of hydrogen-bond acceptors (Lipinski definition) is 6. The van der Waals surface area contributed by atoms with Crippen molar-refractivity contribution in [3.05, 3.63) is 60.8 Å². The number of allylic oxidation sites excluding steroid dienone is 10. The van der Waals surface area contributed by atoms with Crippen molar-refractivity contribution in [3.8, 4) is 0 Å². The highest BCUT2D eigenvalue weighted by Crippen LogP contribution is 2.13. The molecular weight excluding hydrogens is 673 g/mol. The van der Waals surface area contributed by atoms with Gasteiger partial charge < -0.3 is 14.2 Å². The maximum Gasteiger partial charge on any atom is 0.306 e. The lowest BCUT2D eigenvalue weighted by Gasteiger charge is -2.18. The van der Waals surface area contributed by atoms with E-state index in [9.17, 15) is 14.4 Å². The molecule has 6 nitrogen and oxygen atoms in total. The van der Waals surface area contributed by atoms with Gasteiger partial charge in [0.15, 0.2) is 6.10 Å². The Hall–Kier alpha value is -2.89. The van der Waals surface area contributed by atoms with Crippen LogP contribution in [0.2, 0.25) is 0 Å². The fourth-order valence-corrected chi connectivity index (χ4v) is 5.90. The Labute approximate surface area is 332 Å². The minimum atomic E-state index is -0.778. The van der Waals surface area contributed by atoms with E-state index in [4.69, 9.17) is 14.2 Å². The van der Waals surface area contributed by atoms with Gasteiger partial charge in [-0.25, -0.2) is 0 Å². The van der Waals surface area contributed by atoms with E-state index in [1.165, 1.54) is 57.8 Å². The van der Waals surface area contributed by atoms with Crippen LogP contribution in [0.4, 0.5) is 0 Å². The molecule has 54 heavy (non-hydrogen) atoms. The molecule has 1 unspecified atom stereocenters.